The highest BCUT2D eigenvalue weighted by atomic mass is 16.3. The van der Waals surface area contributed by atoms with Crippen LogP contribution in [0.3, 0.4) is 0 Å². The molecule has 1 atom stereocenters. The Kier molecular flexibility index (Phi) is 4.89. The van der Waals surface area contributed by atoms with Gasteiger partial charge in [-0.2, -0.15) is 0 Å². The van der Waals surface area contributed by atoms with Gasteiger partial charge in [-0.3, -0.25) is 0 Å². The van der Waals surface area contributed by atoms with Crippen molar-refractivity contribution in [3.63, 3.8) is 0 Å². The summed E-state index contributed by atoms with van der Waals surface area (Å²) in [5, 5.41) is 5.87. The highest BCUT2D eigenvalue weighted by Crippen LogP contribution is 2.52. The molecule has 5 aromatic carbocycles. The zero-order valence-electron chi connectivity index (χ0n) is 22.3. The number of para-hydroxylation sites is 1. The topological polar surface area (TPSA) is 49.9 Å². The molecule has 192 valence electrons. The summed E-state index contributed by atoms with van der Waals surface area (Å²) in [6, 6.07) is 40.0. The molecule has 2 heterocycles. The van der Waals surface area contributed by atoms with E-state index in [1.807, 2.05) is 48.5 Å². The van der Waals surface area contributed by atoms with Crippen molar-refractivity contribution in [2.24, 2.45) is 9.98 Å². The Morgan fingerprint density at radius 1 is 0.650 bits per heavy atom. The van der Waals surface area contributed by atoms with Crippen LogP contribution in [0.25, 0.3) is 33.1 Å². The Labute approximate surface area is 232 Å². The number of nitrogens with one attached hydrogen (secondary N) is 1. The van der Waals surface area contributed by atoms with Crippen LogP contribution in [0, 0.1) is 0 Å². The molecule has 1 unspecified atom stereocenters. The van der Waals surface area contributed by atoms with Gasteiger partial charge in [0.1, 0.15) is 22.8 Å². The van der Waals surface area contributed by atoms with Gasteiger partial charge in [0.05, 0.1) is 0 Å². The molecule has 0 amide bonds. The average Bonchev–Trinajstić information content (AvgIpc) is 3.50. The molecule has 1 aliphatic heterocycles. The number of hydrogen-bond acceptors (Lipinski definition) is 4. The lowest BCUT2D eigenvalue weighted by Gasteiger charge is -2.24. The van der Waals surface area contributed by atoms with E-state index < -0.39 is 0 Å². The van der Waals surface area contributed by atoms with Crippen LogP contribution in [0.15, 0.2) is 130 Å². The van der Waals surface area contributed by atoms with Gasteiger partial charge >= 0.3 is 0 Å². The van der Waals surface area contributed by atoms with Gasteiger partial charge < -0.3 is 9.73 Å². The smallest absolute Gasteiger partial charge is 0.169 e. The third-order valence-corrected chi connectivity index (χ3v) is 8.34. The Balaban J connectivity index is 1.27. The Hall–Kier alpha value is -4.96. The highest BCUT2D eigenvalue weighted by Gasteiger charge is 2.38. The third kappa shape index (κ3) is 3.39. The lowest BCUT2D eigenvalue weighted by molar-refractivity contribution is 0.653. The van der Waals surface area contributed by atoms with Crippen molar-refractivity contribution in [2.75, 3.05) is 0 Å². The van der Waals surface area contributed by atoms with Gasteiger partial charge in [-0.15, -0.1) is 0 Å². The van der Waals surface area contributed by atoms with Gasteiger partial charge in [-0.05, 0) is 34.4 Å². The summed E-state index contributed by atoms with van der Waals surface area (Å²) in [7, 11) is 0. The molecule has 40 heavy (non-hydrogen) atoms. The van der Waals surface area contributed by atoms with Gasteiger partial charge in [-0.1, -0.05) is 117 Å². The Morgan fingerprint density at radius 3 is 2.15 bits per heavy atom. The maximum absolute atomic E-state index is 6.47. The monoisotopic (exact) mass is 517 g/mol. The predicted molar refractivity (Wildman–Crippen MR) is 163 cm³/mol. The second-order valence-electron chi connectivity index (χ2n) is 11.1. The first-order chi connectivity index (χ1) is 19.6. The van der Waals surface area contributed by atoms with Crippen LogP contribution in [0.1, 0.15) is 47.8 Å². The first-order valence-electron chi connectivity index (χ1n) is 13.7. The van der Waals surface area contributed by atoms with Crippen molar-refractivity contribution in [1.29, 1.82) is 0 Å². The second kappa shape index (κ2) is 8.52. The summed E-state index contributed by atoms with van der Waals surface area (Å²) in [6.45, 7) is 4.60. The molecule has 1 aromatic heterocycles. The summed E-state index contributed by atoms with van der Waals surface area (Å²) in [5.41, 5.74) is 9.85. The molecule has 1 aliphatic carbocycles. The van der Waals surface area contributed by atoms with Crippen LogP contribution in [0.4, 0.5) is 0 Å². The largest absolute Gasteiger partial charge is 0.455 e. The maximum Gasteiger partial charge on any atom is 0.169 e. The van der Waals surface area contributed by atoms with Gasteiger partial charge in [0.15, 0.2) is 6.17 Å². The summed E-state index contributed by atoms with van der Waals surface area (Å²) in [5.74, 6) is 1.65. The molecule has 1 N–H and O–H groups in total. The molecule has 4 heteroatoms. The van der Waals surface area contributed by atoms with Crippen molar-refractivity contribution in [3.05, 3.63) is 143 Å². The number of nitrogens with zero attached hydrogens (tertiary/aromatic N) is 2. The van der Waals surface area contributed by atoms with Crippen LogP contribution in [0.5, 0.6) is 0 Å². The molecular formula is C36H27N3O. The van der Waals surface area contributed by atoms with Crippen molar-refractivity contribution in [3.8, 4) is 11.1 Å². The van der Waals surface area contributed by atoms with Gasteiger partial charge in [0, 0.05) is 32.9 Å². The highest BCUT2D eigenvalue weighted by molar-refractivity contribution is 6.16. The fourth-order valence-electron chi connectivity index (χ4n) is 6.26. The minimum absolute atomic E-state index is 0.182. The molecule has 0 saturated carbocycles. The van der Waals surface area contributed by atoms with E-state index >= 15 is 0 Å². The van der Waals surface area contributed by atoms with E-state index in [4.69, 9.17) is 14.4 Å². The quantitative estimate of drug-likeness (QED) is 0.256. The van der Waals surface area contributed by atoms with E-state index in [2.05, 4.69) is 85.9 Å². The maximum atomic E-state index is 6.47. The van der Waals surface area contributed by atoms with E-state index in [0.717, 1.165) is 50.3 Å². The van der Waals surface area contributed by atoms with E-state index in [9.17, 15) is 0 Å². The van der Waals surface area contributed by atoms with Crippen LogP contribution in [0.2, 0.25) is 0 Å². The molecule has 4 nitrogen and oxygen atoms in total. The molecule has 0 saturated heterocycles. The van der Waals surface area contributed by atoms with E-state index in [1.165, 1.54) is 22.3 Å². The molecule has 0 radical (unpaired) electrons. The molecular weight excluding hydrogens is 490 g/mol. The standard InChI is InChI=1S/C36H27N3O/c1-36(2)28-20-19-26-25-15-9-10-16-30(25)40-32(26)31(28)27-18-17-24(21-29(27)36)35-38-33(22-11-5-3-6-12-22)37-34(39-35)23-13-7-4-8-14-23/h3-21,33H,1-2H3,(H,37,38,39). The number of benzene rings is 5. The van der Waals surface area contributed by atoms with E-state index in [0.29, 0.717) is 0 Å². The molecule has 0 spiro atoms. The number of hydrogen-bond donors (Lipinski definition) is 1. The average molecular weight is 518 g/mol. The molecule has 0 bridgehead atoms. The summed E-state index contributed by atoms with van der Waals surface area (Å²) < 4.78 is 6.47. The zero-order chi connectivity index (χ0) is 26.8. The Bertz CT molecular complexity index is 2000. The fourth-order valence-corrected chi connectivity index (χ4v) is 6.26. The van der Waals surface area contributed by atoms with Crippen LogP contribution in [-0.2, 0) is 5.41 Å². The number of aliphatic imine (C=N–C) groups is 2. The second-order valence-corrected chi connectivity index (χ2v) is 11.1. The predicted octanol–water partition coefficient (Wildman–Crippen LogP) is 8.39. The van der Waals surface area contributed by atoms with Crippen molar-refractivity contribution >= 4 is 33.6 Å². The van der Waals surface area contributed by atoms with Crippen molar-refractivity contribution in [1.82, 2.24) is 5.32 Å². The van der Waals surface area contributed by atoms with Gasteiger partial charge in [-0.25, -0.2) is 9.98 Å². The number of fused-ring (bicyclic) bond motifs is 7. The zero-order valence-corrected chi connectivity index (χ0v) is 22.3. The van der Waals surface area contributed by atoms with Crippen molar-refractivity contribution < 1.29 is 4.42 Å². The van der Waals surface area contributed by atoms with Crippen molar-refractivity contribution in [2.45, 2.75) is 25.4 Å². The lowest BCUT2D eigenvalue weighted by Crippen LogP contribution is -2.36. The number of rotatable bonds is 3. The lowest BCUT2D eigenvalue weighted by atomic mass is 9.81. The summed E-state index contributed by atoms with van der Waals surface area (Å²) >= 11 is 0. The van der Waals surface area contributed by atoms with Gasteiger partial charge in [0.25, 0.3) is 0 Å². The molecule has 8 rings (SSSR count). The van der Waals surface area contributed by atoms with E-state index in [-0.39, 0.29) is 11.6 Å². The fraction of sp³-hybridized carbons (Fsp3) is 0.111. The van der Waals surface area contributed by atoms with Crippen LogP contribution < -0.4 is 5.32 Å². The normalized spacial score (nSPS) is 17.2. The minimum Gasteiger partial charge on any atom is -0.455 e. The minimum atomic E-state index is -0.318. The number of amidine groups is 2. The molecule has 0 fully saturated rings. The first kappa shape index (κ1) is 23.0. The van der Waals surface area contributed by atoms with Gasteiger partial charge in [0.2, 0.25) is 0 Å². The summed E-state index contributed by atoms with van der Waals surface area (Å²) in [4.78, 5) is 10.1. The third-order valence-electron chi connectivity index (χ3n) is 8.34. The van der Waals surface area contributed by atoms with Crippen LogP contribution in [-0.4, -0.2) is 11.7 Å². The van der Waals surface area contributed by atoms with E-state index in [1.54, 1.807) is 0 Å². The van der Waals surface area contributed by atoms with Crippen LogP contribution >= 0.6 is 0 Å². The first-order valence-corrected chi connectivity index (χ1v) is 13.7. The Morgan fingerprint density at radius 2 is 1.35 bits per heavy atom. The molecule has 6 aromatic rings. The summed E-state index contributed by atoms with van der Waals surface area (Å²) in [6.07, 6.45) is -0.318. The SMILES string of the molecule is CC1(C)c2cc(C3=NC(c4ccccc4)N=C(c4ccccc4)N3)ccc2-c2c1ccc1c2oc2ccccc21. The molecule has 2 aliphatic rings. The number of furan rings is 1.